The van der Waals surface area contributed by atoms with Gasteiger partial charge in [-0.1, -0.05) is 115 Å². The van der Waals surface area contributed by atoms with Gasteiger partial charge in [0.1, 0.15) is 0 Å². The van der Waals surface area contributed by atoms with E-state index in [1.54, 1.807) is 11.3 Å². The van der Waals surface area contributed by atoms with Crippen molar-refractivity contribution in [2.45, 2.75) is 0 Å². The number of nitrogens with zero attached hydrogens (tertiary/aromatic N) is 4. The molecule has 0 fully saturated rings. The van der Waals surface area contributed by atoms with Gasteiger partial charge >= 0.3 is 0 Å². The van der Waals surface area contributed by atoms with Crippen LogP contribution in [0.1, 0.15) is 0 Å². The van der Waals surface area contributed by atoms with Crippen molar-refractivity contribution in [2.24, 2.45) is 0 Å². The zero-order valence-electron chi connectivity index (χ0n) is 24.6. The van der Waals surface area contributed by atoms with Crippen LogP contribution in [0.4, 0.5) is 5.69 Å². The summed E-state index contributed by atoms with van der Waals surface area (Å²) in [7, 11) is 0. The maximum Gasteiger partial charge on any atom is 0.187 e. The van der Waals surface area contributed by atoms with E-state index >= 15 is 0 Å². The summed E-state index contributed by atoms with van der Waals surface area (Å²) < 4.78 is 4.60. The number of aromatic nitrogens is 3. The van der Waals surface area contributed by atoms with E-state index in [-0.39, 0.29) is 0 Å². The highest BCUT2D eigenvalue weighted by atomic mass is 32.1. The number of thiophene rings is 1. The minimum absolute atomic E-state index is 0.601. The van der Waals surface area contributed by atoms with Crippen molar-refractivity contribution < 1.29 is 0 Å². The van der Waals surface area contributed by atoms with E-state index in [9.17, 15) is 0 Å². The summed E-state index contributed by atoms with van der Waals surface area (Å²) in [5.74, 6) is 0.658. The van der Waals surface area contributed by atoms with E-state index in [2.05, 4.69) is 113 Å². The smallest absolute Gasteiger partial charge is 0.187 e. The number of hydrogen-bond acceptors (Lipinski definition) is 3. The van der Waals surface area contributed by atoms with Crippen LogP contribution in [-0.4, -0.2) is 14.5 Å². The van der Waals surface area contributed by atoms with E-state index in [1.807, 2.05) is 42.5 Å². The average Bonchev–Trinajstić information content (AvgIpc) is 3.67. The molecule has 0 bridgehead atoms. The highest BCUT2D eigenvalue weighted by Gasteiger charge is 2.18. The molecule has 0 N–H and O–H groups in total. The third kappa shape index (κ3) is 4.20. The molecular formula is C41H24N4S. The molecule has 3 aromatic heterocycles. The zero-order chi connectivity index (χ0) is 30.6. The van der Waals surface area contributed by atoms with Crippen molar-refractivity contribution in [3.05, 3.63) is 157 Å². The lowest BCUT2D eigenvalue weighted by Gasteiger charge is -2.10. The first-order valence-corrected chi connectivity index (χ1v) is 15.9. The monoisotopic (exact) mass is 604 g/mol. The topological polar surface area (TPSA) is 35.1 Å². The molecule has 0 amide bonds. The predicted molar refractivity (Wildman–Crippen MR) is 192 cm³/mol. The molecule has 3 heterocycles. The number of hydrogen-bond donors (Lipinski definition) is 0. The van der Waals surface area contributed by atoms with Crippen LogP contribution in [0.3, 0.4) is 0 Å². The molecule has 6 aromatic carbocycles. The maximum absolute atomic E-state index is 7.33. The molecule has 0 unspecified atom stereocenters. The first kappa shape index (κ1) is 26.3. The molecule has 0 saturated carbocycles. The van der Waals surface area contributed by atoms with Crippen molar-refractivity contribution >= 4 is 59.1 Å². The Labute approximate surface area is 269 Å². The molecule has 0 saturated heterocycles. The lowest BCUT2D eigenvalue weighted by Crippen LogP contribution is -1.94. The van der Waals surface area contributed by atoms with Crippen LogP contribution in [0.5, 0.6) is 0 Å². The lowest BCUT2D eigenvalue weighted by molar-refractivity contribution is 1.18. The number of para-hydroxylation sites is 2. The minimum atomic E-state index is 0.601. The van der Waals surface area contributed by atoms with Gasteiger partial charge < -0.3 is 4.57 Å². The van der Waals surface area contributed by atoms with Gasteiger partial charge in [0.05, 0.1) is 33.5 Å². The van der Waals surface area contributed by atoms with Gasteiger partial charge in [0.15, 0.2) is 11.5 Å². The highest BCUT2D eigenvalue weighted by Crippen LogP contribution is 2.41. The van der Waals surface area contributed by atoms with Gasteiger partial charge in [-0.05, 0) is 41.5 Å². The van der Waals surface area contributed by atoms with Gasteiger partial charge in [-0.15, -0.1) is 11.3 Å². The third-order valence-electron chi connectivity index (χ3n) is 8.63. The SMILES string of the molecule is [C-]#[N+]c1ccc(-c2nc(-c3ccccc3)c3sc4cc(-c5cccc(-n6c7ccccc7c7ccccc76)c5)ccc4c3n2)cc1. The van der Waals surface area contributed by atoms with Gasteiger partial charge in [0.2, 0.25) is 0 Å². The summed E-state index contributed by atoms with van der Waals surface area (Å²) >= 11 is 1.74. The van der Waals surface area contributed by atoms with Crippen molar-refractivity contribution in [2.75, 3.05) is 0 Å². The van der Waals surface area contributed by atoms with Crippen molar-refractivity contribution in [1.82, 2.24) is 14.5 Å². The van der Waals surface area contributed by atoms with Gasteiger partial charge in [-0.25, -0.2) is 14.8 Å². The second-order valence-corrected chi connectivity index (χ2v) is 12.4. The fourth-order valence-corrected chi connectivity index (χ4v) is 7.65. The molecule has 0 aliphatic heterocycles. The van der Waals surface area contributed by atoms with E-state index < -0.39 is 0 Å². The average molecular weight is 605 g/mol. The molecule has 9 rings (SSSR count). The number of benzene rings is 6. The van der Waals surface area contributed by atoms with Gasteiger partial charge in [0, 0.05) is 37.7 Å². The molecule has 0 aliphatic rings. The number of rotatable bonds is 4. The quantitative estimate of drug-likeness (QED) is 0.187. The van der Waals surface area contributed by atoms with Gasteiger partial charge in [-0.3, -0.25) is 0 Å². The second-order valence-electron chi connectivity index (χ2n) is 11.3. The van der Waals surface area contributed by atoms with E-state index in [1.165, 1.54) is 26.5 Å². The molecular weight excluding hydrogens is 581 g/mol. The van der Waals surface area contributed by atoms with Crippen LogP contribution < -0.4 is 0 Å². The molecule has 0 radical (unpaired) electrons. The Bertz CT molecular complexity index is 2590. The minimum Gasteiger partial charge on any atom is -0.309 e. The Hall–Kier alpha value is -6.09. The molecule has 4 nitrogen and oxygen atoms in total. The van der Waals surface area contributed by atoms with Crippen molar-refractivity contribution in [1.29, 1.82) is 0 Å². The first-order valence-electron chi connectivity index (χ1n) is 15.1. The lowest BCUT2D eigenvalue weighted by atomic mass is 10.0. The third-order valence-corrected chi connectivity index (χ3v) is 9.78. The largest absolute Gasteiger partial charge is 0.309 e. The van der Waals surface area contributed by atoms with Crippen LogP contribution in [0.2, 0.25) is 0 Å². The normalized spacial score (nSPS) is 11.5. The summed E-state index contributed by atoms with van der Waals surface area (Å²) in [4.78, 5) is 13.7. The Morgan fingerprint density at radius 3 is 1.93 bits per heavy atom. The molecule has 214 valence electrons. The zero-order valence-corrected chi connectivity index (χ0v) is 25.4. The summed E-state index contributed by atoms with van der Waals surface area (Å²) in [6.45, 7) is 7.33. The summed E-state index contributed by atoms with van der Waals surface area (Å²) in [6, 6.07) is 50.6. The fourth-order valence-electron chi connectivity index (χ4n) is 6.45. The van der Waals surface area contributed by atoms with E-state index in [0.29, 0.717) is 11.5 Å². The highest BCUT2D eigenvalue weighted by molar-refractivity contribution is 7.26. The van der Waals surface area contributed by atoms with Crippen LogP contribution in [0.15, 0.2) is 146 Å². The van der Waals surface area contributed by atoms with E-state index in [4.69, 9.17) is 16.5 Å². The predicted octanol–water partition coefficient (Wildman–Crippen LogP) is 11.5. The Morgan fingerprint density at radius 1 is 0.543 bits per heavy atom. The van der Waals surface area contributed by atoms with Crippen LogP contribution in [0.25, 0.3) is 86.4 Å². The van der Waals surface area contributed by atoms with Gasteiger partial charge in [-0.2, -0.15) is 0 Å². The molecule has 5 heteroatoms. The van der Waals surface area contributed by atoms with E-state index in [0.717, 1.165) is 49.2 Å². The molecule has 0 spiro atoms. The Kier molecular flexibility index (Phi) is 6.02. The fraction of sp³-hybridized carbons (Fsp3) is 0. The van der Waals surface area contributed by atoms with Gasteiger partial charge in [0.25, 0.3) is 0 Å². The summed E-state index contributed by atoms with van der Waals surface area (Å²) in [5, 5.41) is 3.63. The van der Waals surface area contributed by atoms with Crippen molar-refractivity contribution in [3.8, 4) is 39.5 Å². The Morgan fingerprint density at radius 2 is 1.20 bits per heavy atom. The standard InChI is InChI=1S/C41H24N4S/c1-42-30-21-18-27(19-22-30)41-43-38(26-10-3-2-4-11-26)40-39(44-41)34-23-20-29(25-37(34)46-40)28-12-9-13-31(24-28)45-35-16-7-5-14-32(35)33-15-6-8-17-36(33)45/h2-25H. The van der Waals surface area contributed by atoms with Crippen LogP contribution in [-0.2, 0) is 0 Å². The molecule has 0 aliphatic carbocycles. The molecule has 9 aromatic rings. The van der Waals surface area contributed by atoms with Crippen LogP contribution in [0, 0.1) is 6.57 Å². The summed E-state index contributed by atoms with van der Waals surface area (Å²) in [6.07, 6.45) is 0. The Balaban J connectivity index is 1.21. The molecule has 0 atom stereocenters. The molecule has 46 heavy (non-hydrogen) atoms. The number of fused-ring (bicyclic) bond motifs is 6. The van der Waals surface area contributed by atoms with Crippen molar-refractivity contribution in [3.63, 3.8) is 0 Å². The summed E-state index contributed by atoms with van der Waals surface area (Å²) in [5.41, 5.74) is 10.3. The van der Waals surface area contributed by atoms with Crippen LogP contribution >= 0.6 is 11.3 Å². The maximum atomic E-state index is 7.33. The first-order chi connectivity index (χ1) is 22.7. The second kappa shape index (κ2) is 10.5.